The van der Waals surface area contributed by atoms with Gasteiger partial charge < -0.3 is 15.1 Å². The van der Waals surface area contributed by atoms with Crippen LogP contribution in [0.5, 0.6) is 0 Å². The lowest BCUT2D eigenvalue weighted by Gasteiger charge is -2.36. The number of hydrogen-bond donors (Lipinski definition) is 1. The van der Waals surface area contributed by atoms with E-state index in [1.54, 1.807) is 10.6 Å². The minimum atomic E-state index is 0.222. The molecule has 0 spiro atoms. The fourth-order valence-electron chi connectivity index (χ4n) is 4.36. The summed E-state index contributed by atoms with van der Waals surface area (Å²) in [5.41, 5.74) is 0.929. The van der Waals surface area contributed by atoms with Gasteiger partial charge >= 0.3 is 0 Å². The van der Waals surface area contributed by atoms with E-state index in [2.05, 4.69) is 30.2 Å². The molecule has 0 saturated carbocycles. The lowest BCUT2D eigenvalue weighted by Crippen LogP contribution is -2.51. The molecule has 0 bridgehead atoms. The van der Waals surface area contributed by atoms with Crippen molar-refractivity contribution in [3.8, 4) is 0 Å². The van der Waals surface area contributed by atoms with Crippen LogP contribution in [0.2, 0.25) is 10.0 Å². The molecule has 0 radical (unpaired) electrons. The summed E-state index contributed by atoms with van der Waals surface area (Å²) < 4.78 is 1.67. The molecular weight excluding hydrogens is 463 g/mol. The first-order valence-electron chi connectivity index (χ1n) is 11.2. The van der Waals surface area contributed by atoms with Gasteiger partial charge in [0.25, 0.3) is 5.78 Å². The Morgan fingerprint density at radius 3 is 2.58 bits per heavy atom. The van der Waals surface area contributed by atoms with Gasteiger partial charge in [-0.25, -0.2) is 0 Å². The third kappa shape index (κ3) is 5.00. The number of nitrogens with one attached hydrogen (secondary N) is 1. The molecule has 1 amide bonds. The van der Waals surface area contributed by atoms with Crippen LogP contribution in [-0.2, 0) is 11.3 Å². The van der Waals surface area contributed by atoms with E-state index in [9.17, 15) is 4.79 Å². The lowest BCUT2D eigenvalue weighted by molar-refractivity contribution is -0.132. The van der Waals surface area contributed by atoms with Crippen molar-refractivity contribution in [3.63, 3.8) is 0 Å². The van der Waals surface area contributed by atoms with E-state index in [0.717, 1.165) is 43.4 Å². The van der Waals surface area contributed by atoms with Crippen molar-refractivity contribution in [1.82, 2.24) is 29.4 Å². The predicted octanol–water partition coefficient (Wildman–Crippen LogP) is 2.79. The third-order valence-corrected chi connectivity index (χ3v) is 6.81. The molecule has 5 rings (SSSR count). The van der Waals surface area contributed by atoms with Crippen LogP contribution in [0.15, 0.2) is 30.6 Å². The third-order valence-electron chi connectivity index (χ3n) is 6.23. The van der Waals surface area contributed by atoms with Gasteiger partial charge in [0.15, 0.2) is 0 Å². The topological polar surface area (TPSA) is 81.9 Å². The van der Waals surface area contributed by atoms with Crippen molar-refractivity contribution < 1.29 is 4.79 Å². The number of halogens is 2. The van der Waals surface area contributed by atoms with Gasteiger partial charge in [0, 0.05) is 48.8 Å². The summed E-state index contributed by atoms with van der Waals surface area (Å²) in [7, 11) is 0. The largest absolute Gasteiger partial charge is 0.366 e. The Bertz CT molecular complexity index is 1140. The Morgan fingerprint density at radius 2 is 1.82 bits per heavy atom. The van der Waals surface area contributed by atoms with Crippen LogP contribution in [0.4, 0.5) is 11.6 Å². The lowest BCUT2D eigenvalue weighted by atomic mass is 10.2. The summed E-state index contributed by atoms with van der Waals surface area (Å²) in [6.07, 6.45) is 3.87. The Hall–Kier alpha value is -2.62. The molecule has 0 atom stereocenters. The number of benzene rings is 1. The molecule has 2 fully saturated rings. The number of piperazine rings is 1. The van der Waals surface area contributed by atoms with E-state index in [-0.39, 0.29) is 5.91 Å². The monoisotopic (exact) mass is 488 g/mol. The molecule has 9 nitrogen and oxygen atoms in total. The average molecular weight is 489 g/mol. The number of anilines is 2. The van der Waals surface area contributed by atoms with Crippen molar-refractivity contribution in [2.24, 2.45) is 0 Å². The maximum atomic E-state index is 12.7. The highest BCUT2D eigenvalue weighted by Gasteiger charge is 2.25. The van der Waals surface area contributed by atoms with E-state index >= 15 is 0 Å². The fraction of sp³-hybridized carbons (Fsp3) is 0.455. The van der Waals surface area contributed by atoms with Crippen LogP contribution in [0.25, 0.3) is 5.78 Å². The number of likely N-dealkylation sites (tertiary alicyclic amines) is 1. The molecule has 1 aromatic carbocycles. The van der Waals surface area contributed by atoms with Gasteiger partial charge in [-0.05, 0) is 43.6 Å². The van der Waals surface area contributed by atoms with Gasteiger partial charge in [0.05, 0.1) is 6.54 Å². The second kappa shape index (κ2) is 9.70. The number of hydrogen-bond acceptors (Lipinski definition) is 7. The van der Waals surface area contributed by atoms with Gasteiger partial charge in [-0.2, -0.15) is 19.6 Å². The average Bonchev–Trinajstić information content (AvgIpc) is 3.50. The van der Waals surface area contributed by atoms with Crippen LogP contribution >= 0.6 is 23.2 Å². The van der Waals surface area contributed by atoms with Crippen LogP contribution in [0.3, 0.4) is 0 Å². The van der Waals surface area contributed by atoms with Crippen molar-refractivity contribution in [2.75, 3.05) is 56.0 Å². The van der Waals surface area contributed by atoms with Crippen molar-refractivity contribution in [1.29, 1.82) is 0 Å². The first-order valence-corrected chi connectivity index (χ1v) is 12.0. The zero-order valence-electron chi connectivity index (χ0n) is 18.3. The highest BCUT2D eigenvalue weighted by molar-refractivity contribution is 6.35. The van der Waals surface area contributed by atoms with E-state index < -0.39 is 0 Å². The number of carbonyl (C=O) groups is 1. The second-order valence-electron chi connectivity index (χ2n) is 8.41. The molecule has 2 aliphatic rings. The Kier molecular flexibility index (Phi) is 6.52. The van der Waals surface area contributed by atoms with Crippen molar-refractivity contribution in [2.45, 2.75) is 19.4 Å². The summed E-state index contributed by atoms with van der Waals surface area (Å²) in [6.45, 7) is 5.94. The van der Waals surface area contributed by atoms with Crippen molar-refractivity contribution >= 4 is 46.5 Å². The van der Waals surface area contributed by atoms with Crippen molar-refractivity contribution in [3.05, 3.63) is 46.2 Å². The summed E-state index contributed by atoms with van der Waals surface area (Å²) in [5, 5.41) is 8.89. The number of carbonyl (C=O) groups excluding carboxylic acids is 1. The number of fused-ring (bicyclic) bond motifs is 1. The Morgan fingerprint density at radius 1 is 1.03 bits per heavy atom. The number of rotatable bonds is 6. The minimum Gasteiger partial charge on any atom is -0.366 e. The maximum Gasteiger partial charge on any atom is 0.256 e. The molecule has 2 aromatic heterocycles. The summed E-state index contributed by atoms with van der Waals surface area (Å²) in [5.74, 6) is 2.32. The molecule has 2 aliphatic heterocycles. The number of aromatic nitrogens is 4. The quantitative estimate of drug-likeness (QED) is 0.570. The maximum absolute atomic E-state index is 12.7. The smallest absolute Gasteiger partial charge is 0.256 e. The summed E-state index contributed by atoms with van der Waals surface area (Å²) in [4.78, 5) is 28.0. The van der Waals surface area contributed by atoms with E-state index in [4.69, 9.17) is 23.2 Å². The van der Waals surface area contributed by atoms with E-state index in [1.165, 1.54) is 19.2 Å². The number of nitrogens with zero attached hydrogens (tertiary/aromatic N) is 7. The van der Waals surface area contributed by atoms with E-state index in [0.29, 0.717) is 42.0 Å². The van der Waals surface area contributed by atoms with Crippen LogP contribution in [-0.4, -0.2) is 81.1 Å². The molecule has 3 aromatic rings. The molecule has 33 heavy (non-hydrogen) atoms. The van der Waals surface area contributed by atoms with Gasteiger partial charge in [-0.15, -0.1) is 0 Å². The SMILES string of the molecule is O=C(CN1CCCC1)N1CCN(c2cc(NCc3ccc(Cl)cc3Cl)n3ncnc3n2)CC1. The first kappa shape index (κ1) is 22.2. The van der Waals surface area contributed by atoms with Gasteiger partial charge in [0.2, 0.25) is 5.91 Å². The van der Waals surface area contributed by atoms with Gasteiger partial charge in [-0.1, -0.05) is 29.3 Å². The molecule has 0 unspecified atom stereocenters. The predicted molar refractivity (Wildman–Crippen MR) is 129 cm³/mol. The highest BCUT2D eigenvalue weighted by atomic mass is 35.5. The molecular formula is C22H26Cl2N8O. The summed E-state index contributed by atoms with van der Waals surface area (Å²) >= 11 is 12.3. The molecule has 11 heteroatoms. The Balaban J connectivity index is 1.26. The first-order chi connectivity index (χ1) is 16.1. The summed E-state index contributed by atoms with van der Waals surface area (Å²) in [6, 6.07) is 7.41. The van der Waals surface area contributed by atoms with E-state index in [1.807, 2.05) is 23.1 Å². The molecule has 2 saturated heterocycles. The molecule has 0 aliphatic carbocycles. The van der Waals surface area contributed by atoms with Gasteiger partial charge in [-0.3, -0.25) is 9.69 Å². The molecule has 174 valence electrons. The zero-order chi connectivity index (χ0) is 22.8. The fourth-order valence-corrected chi connectivity index (χ4v) is 4.83. The zero-order valence-corrected chi connectivity index (χ0v) is 19.8. The normalized spacial score (nSPS) is 17.2. The van der Waals surface area contributed by atoms with Crippen LogP contribution in [0, 0.1) is 0 Å². The Labute approximate surface area is 202 Å². The van der Waals surface area contributed by atoms with Gasteiger partial charge in [0.1, 0.15) is 18.0 Å². The van der Waals surface area contributed by atoms with Crippen LogP contribution in [0.1, 0.15) is 18.4 Å². The van der Waals surface area contributed by atoms with Crippen LogP contribution < -0.4 is 10.2 Å². The molecule has 1 N–H and O–H groups in total. The standard InChI is InChI=1S/C22H26Cl2N8O/c23-17-4-3-16(18(24)11-17)13-25-19-12-20(28-22-26-15-27-32(19)22)30-7-9-31(10-8-30)21(33)14-29-5-1-2-6-29/h3-4,11-12,15,25H,1-2,5-10,13-14H2. The highest BCUT2D eigenvalue weighted by Crippen LogP contribution is 2.24. The second-order valence-corrected chi connectivity index (χ2v) is 9.26. The molecule has 4 heterocycles. The number of amides is 1. The minimum absolute atomic E-state index is 0.222.